The molecule has 0 aromatic heterocycles. The molecule has 0 heterocycles. The highest BCUT2D eigenvalue weighted by Crippen LogP contribution is 1.98. The van der Waals surface area contributed by atoms with E-state index in [9.17, 15) is 0 Å². The number of hydrogen-bond acceptors (Lipinski definition) is 1. The van der Waals surface area contributed by atoms with E-state index in [1.54, 1.807) is 7.05 Å². The largest absolute Gasteiger partial charge is 0.274 e. The molecule has 0 N–H and O–H groups in total. The Hall–Kier alpha value is -0.990. The van der Waals surface area contributed by atoms with E-state index in [4.69, 9.17) is 0 Å². The van der Waals surface area contributed by atoms with Gasteiger partial charge in [-0.05, 0) is 13.6 Å². The van der Waals surface area contributed by atoms with E-state index in [2.05, 4.69) is 21.7 Å². The predicted octanol–water partition coefficient (Wildman–Crippen LogP) is 1.79. The van der Waals surface area contributed by atoms with Crippen LogP contribution in [0.3, 0.4) is 0 Å². The number of hydrogen-bond donors (Lipinski definition) is 0. The van der Waals surface area contributed by atoms with Crippen molar-refractivity contribution in [2.45, 2.75) is 20.8 Å². The van der Waals surface area contributed by atoms with Gasteiger partial charge in [0, 0.05) is 13.0 Å². The molecule has 0 aliphatic heterocycles. The van der Waals surface area contributed by atoms with Crippen LogP contribution in [0.4, 0.5) is 0 Å². The van der Waals surface area contributed by atoms with Gasteiger partial charge in [-0.2, -0.15) is 0 Å². The van der Waals surface area contributed by atoms with Crippen LogP contribution in [0.5, 0.6) is 0 Å². The molecule has 0 aliphatic carbocycles. The second kappa shape index (κ2) is 4.77. The summed E-state index contributed by atoms with van der Waals surface area (Å²) in [6.45, 7) is 9.32. The van der Waals surface area contributed by atoms with Gasteiger partial charge < -0.3 is 0 Å². The maximum absolute atomic E-state index is 4.15. The quantitative estimate of drug-likeness (QED) is 0.407. The van der Waals surface area contributed by atoms with Crippen LogP contribution in [0.15, 0.2) is 15.0 Å². The smallest absolute Gasteiger partial charge is 0.132 e. The van der Waals surface area contributed by atoms with Crippen molar-refractivity contribution in [2.24, 2.45) is 20.9 Å². The molecule has 0 saturated heterocycles. The topological polar surface area (TPSA) is 37.1 Å². The Bertz CT molecular complexity index is 190. The molecule has 62 valence electrons. The molecule has 0 aromatic carbocycles. The summed E-state index contributed by atoms with van der Waals surface area (Å²) >= 11 is 0. The standard InChI is InChI=1S/C8H15N3/c1-6(2)8(10-5)11-7(3)9-4/h6H,5H2,1-4H3/b9-7-,11-8-. The first kappa shape index (κ1) is 10.0. The second-order valence-corrected chi connectivity index (χ2v) is 2.55. The van der Waals surface area contributed by atoms with Crippen molar-refractivity contribution >= 4 is 18.4 Å². The van der Waals surface area contributed by atoms with E-state index in [1.807, 2.05) is 20.8 Å². The van der Waals surface area contributed by atoms with E-state index in [-0.39, 0.29) is 0 Å². The maximum Gasteiger partial charge on any atom is 0.132 e. The van der Waals surface area contributed by atoms with Gasteiger partial charge in [-0.15, -0.1) is 0 Å². The monoisotopic (exact) mass is 153 g/mol. The first-order valence-electron chi connectivity index (χ1n) is 3.60. The van der Waals surface area contributed by atoms with E-state index < -0.39 is 0 Å². The molecule has 0 unspecified atom stereocenters. The van der Waals surface area contributed by atoms with E-state index in [1.165, 1.54) is 0 Å². The van der Waals surface area contributed by atoms with Crippen molar-refractivity contribution in [1.29, 1.82) is 0 Å². The number of amidine groups is 2. The summed E-state index contributed by atoms with van der Waals surface area (Å²) < 4.78 is 0. The average molecular weight is 153 g/mol. The SMILES string of the molecule is C=N/C(=N\C(C)=N/C)C(C)C. The van der Waals surface area contributed by atoms with Gasteiger partial charge in [-0.1, -0.05) is 13.8 Å². The fourth-order valence-electron chi connectivity index (χ4n) is 0.563. The molecule has 0 atom stereocenters. The molecule has 0 radical (unpaired) electrons. The third kappa shape index (κ3) is 3.65. The molecule has 0 rings (SSSR count). The van der Waals surface area contributed by atoms with Crippen molar-refractivity contribution in [3.63, 3.8) is 0 Å². The van der Waals surface area contributed by atoms with Gasteiger partial charge in [0.25, 0.3) is 0 Å². The summed E-state index contributed by atoms with van der Waals surface area (Å²) in [7, 11) is 1.71. The highest BCUT2D eigenvalue weighted by Gasteiger charge is 2.01. The summed E-state index contributed by atoms with van der Waals surface area (Å²) in [6.07, 6.45) is 0. The van der Waals surface area contributed by atoms with Crippen LogP contribution in [-0.4, -0.2) is 25.4 Å². The fraction of sp³-hybridized carbons (Fsp3) is 0.625. The minimum Gasteiger partial charge on any atom is -0.274 e. The molecule has 0 amide bonds. The highest BCUT2D eigenvalue weighted by molar-refractivity contribution is 5.98. The molecule has 3 heteroatoms. The van der Waals surface area contributed by atoms with E-state index >= 15 is 0 Å². The van der Waals surface area contributed by atoms with Crippen molar-refractivity contribution in [2.75, 3.05) is 7.05 Å². The molecule has 11 heavy (non-hydrogen) atoms. The van der Waals surface area contributed by atoms with Gasteiger partial charge in [0.1, 0.15) is 11.7 Å². The minimum absolute atomic E-state index is 0.309. The normalized spacial score (nSPS) is 13.9. The Kier molecular flexibility index (Phi) is 4.34. The Morgan fingerprint density at radius 3 is 2.18 bits per heavy atom. The minimum atomic E-state index is 0.309. The van der Waals surface area contributed by atoms with Crippen molar-refractivity contribution in [3.8, 4) is 0 Å². The highest BCUT2D eigenvalue weighted by atomic mass is 15.0. The summed E-state index contributed by atoms with van der Waals surface area (Å²) in [4.78, 5) is 11.8. The van der Waals surface area contributed by atoms with Crippen LogP contribution in [-0.2, 0) is 0 Å². The lowest BCUT2D eigenvalue weighted by Crippen LogP contribution is -2.05. The van der Waals surface area contributed by atoms with E-state index in [0.29, 0.717) is 5.92 Å². The Labute approximate surface area is 68.0 Å². The molecular formula is C8H15N3. The number of aliphatic imine (C=N–C) groups is 3. The Balaban J connectivity index is 4.48. The lowest BCUT2D eigenvalue weighted by atomic mass is 10.2. The summed E-state index contributed by atoms with van der Waals surface area (Å²) in [5.74, 6) is 1.79. The molecule has 3 nitrogen and oxygen atoms in total. The summed E-state index contributed by atoms with van der Waals surface area (Å²) in [6, 6.07) is 0. The van der Waals surface area contributed by atoms with Crippen LogP contribution < -0.4 is 0 Å². The second-order valence-electron chi connectivity index (χ2n) is 2.55. The average Bonchev–Trinajstić information content (AvgIpc) is 1.99. The zero-order valence-corrected chi connectivity index (χ0v) is 7.63. The molecule has 0 aromatic rings. The first-order chi connectivity index (χ1) is 5.11. The lowest BCUT2D eigenvalue weighted by Gasteiger charge is -2.02. The van der Waals surface area contributed by atoms with Crippen LogP contribution in [0, 0.1) is 5.92 Å². The van der Waals surface area contributed by atoms with Gasteiger partial charge >= 0.3 is 0 Å². The molecule has 0 bridgehead atoms. The first-order valence-corrected chi connectivity index (χ1v) is 3.60. The molecule has 0 spiro atoms. The van der Waals surface area contributed by atoms with E-state index in [0.717, 1.165) is 11.7 Å². The fourth-order valence-corrected chi connectivity index (χ4v) is 0.563. The molecular weight excluding hydrogens is 138 g/mol. The van der Waals surface area contributed by atoms with Gasteiger partial charge in [-0.25, -0.2) is 9.98 Å². The molecule has 0 fully saturated rings. The molecule has 0 aliphatic rings. The lowest BCUT2D eigenvalue weighted by molar-refractivity contribution is 0.875. The molecule has 0 saturated carbocycles. The van der Waals surface area contributed by atoms with Crippen molar-refractivity contribution in [3.05, 3.63) is 0 Å². The zero-order chi connectivity index (χ0) is 8.85. The Morgan fingerprint density at radius 1 is 1.36 bits per heavy atom. The maximum atomic E-state index is 4.15. The summed E-state index contributed by atoms with van der Waals surface area (Å²) in [5, 5.41) is 0. The van der Waals surface area contributed by atoms with Gasteiger partial charge in [0.2, 0.25) is 0 Å². The van der Waals surface area contributed by atoms with Crippen molar-refractivity contribution in [1.82, 2.24) is 0 Å². The van der Waals surface area contributed by atoms with Crippen LogP contribution in [0.25, 0.3) is 0 Å². The Morgan fingerprint density at radius 2 is 1.91 bits per heavy atom. The van der Waals surface area contributed by atoms with Crippen LogP contribution >= 0.6 is 0 Å². The number of rotatable bonds is 1. The van der Waals surface area contributed by atoms with Crippen LogP contribution in [0.2, 0.25) is 0 Å². The van der Waals surface area contributed by atoms with Crippen LogP contribution in [0.1, 0.15) is 20.8 Å². The predicted molar refractivity (Wildman–Crippen MR) is 50.9 cm³/mol. The number of nitrogens with zero attached hydrogens (tertiary/aromatic N) is 3. The van der Waals surface area contributed by atoms with Crippen molar-refractivity contribution < 1.29 is 0 Å². The third-order valence-electron chi connectivity index (χ3n) is 1.28. The van der Waals surface area contributed by atoms with Gasteiger partial charge in [0.15, 0.2) is 0 Å². The summed E-state index contributed by atoms with van der Waals surface area (Å²) in [5.41, 5.74) is 0. The van der Waals surface area contributed by atoms with Gasteiger partial charge in [0.05, 0.1) is 0 Å². The zero-order valence-electron chi connectivity index (χ0n) is 7.63. The third-order valence-corrected chi connectivity index (χ3v) is 1.28. The van der Waals surface area contributed by atoms with Gasteiger partial charge in [-0.3, -0.25) is 4.99 Å².